The predicted molar refractivity (Wildman–Crippen MR) is 98.8 cm³/mol. The van der Waals surface area contributed by atoms with Gasteiger partial charge in [-0.3, -0.25) is 4.79 Å². The minimum atomic E-state index is -4.44. The topological polar surface area (TPSA) is 63.2 Å². The van der Waals surface area contributed by atoms with Crippen molar-refractivity contribution in [2.24, 2.45) is 0 Å². The fourth-order valence-electron chi connectivity index (χ4n) is 2.73. The van der Waals surface area contributed by atoms with Crippen LogP contribution in [0.1, 0.15) is 22.3 Å². The molecule has 0 saturated carbocycles. The molecule has 4 nitrogen and oxygen atoms in total. The average molecular weight is 415 g/mol. The van der Waals surface area contributed by atoms with E-state index in [0.29, 0.717) is 16.9 Å². The van der Waals surface area contributed by atoms with Crippen LogP contribution in [0.25, 0.3) is 0 Å². The van der Waals surface area contributed by atoms with Crippen LogP contribution in [-0.2, 0) is 16.0 Å². The molecule has 144 valence electrons. The number of rotatable bonds is 4. The molecule has 1 atom stereocenters. The van der Waals surface area contributed by atoms with E-state index in [4.69, 9.17) is 0 Å². The van der Waals surface area contributed by atoms with Gasteiger partial charge in [-0.2, -0.15) is 13.2 Å². The summed E-state index contributed by atoms with van der Waals surface area (Å²) in [7, 11) is -3.03. The largest absolute Gasteiger partial charge is 0.416 e. The standard InChI is InChI=1S/C18H16F3NO3S2/c19-18(20,21)12-5-7-13(8-6-12)22-17(23)15-3-1-2-4-16(15)26-14-9-10-27(24,25)11-14/h1-8,14H,9-11H2,(H,22,23)/t14-/m0/s1. The molecule has 1 aliphatic heterocycles. The van der Waals surface area contributed by atoms with Gasteiger partial charge in [-0.15, -0.1) is 11.8 Å². The number of alkyl halides is 3. The summed E-state index contributed by atoms with van der Waals surface area (Å²) >= 11 is 1.34. The van der Waals surface area contributed by atoms with Gasteiger partial charge in [0.05, 0.1) is 22.6 Å². The van der Waals surface area contributed by atoms with Gasteiger partial charge in [0.1, 0.15) is 0 Å². The summed E-state index contributed by atoms with van der Waals surface area (Å²) in [4.78, 5) is 13.2. The molecule has 1 saturated heterocycles. The van der Waals surface area contributed by atoms with Crippen molar-refractivity contribution in [3.8, 4) is 0 Å². The quantitative estimate of drug-likeness (QED) is 0.812. The van der Waals surface area contributed by atoms with Crippen LogP contribution < -0.4 is 5.32 Å². The number of carbonyl (C=O) groups is 1. The lowest BCUT2D eigenvalue weighted by atomic mass is 10.1. The average Bonchev–Trinajstić information content (AvgIpc) is 2.93. The van der Waals surface area contributed by atoms with Gasteiger partial charge >= 0.3 is 6.18 Å². The molecule has 2 aromatic rings. The van der Waals surface area contributed by atoms with Crippen molar-refractivity contribution < 1.29 is 26.4 Å². The second-order valence-corrected chi connectivity index (χ2v) is 9.74. The van der Waals surface area contributed by atoms with Crippen molar-refractivity contribution in [1.82, 2.24) is 0 Å². The number of nitrogens with one attached hydrogen (secondary N) is 1. The Kier molecular flexibility index (Phi) is 5.53. The van der Waals surface area contributed by atoms with Gasteiger partial charge in [-0.1, -0.05) is 12.1 Å². The van der Waals surface area contributed by atoms with E-state index in [1.165, 1.54) is 23.9 Å². The lowest BCUT2D eigenvalue weighted by Crippen LogP contribution is -2.14. The van der Waals surface area contributed by atoms with Crippen LogP contribution >= 0.6 is 11.8 Å². The summed E-state index contributed by atoms with van der Waals surface area (Å²) in [5, 5.41) is 2.46. The summed E-state index contributed by atoms with van der Waals surface area (Å²) in [5.41, 5.74) is -0.193. The highest BCUT2D eigenvalue weighted by atomic mass is 32.2. The van der Waals surface area contributed by atoms with E-state index in [2.05, 4.69) is 5.32 Å². The first-order chi connectivity index (χ1) is 12.6. The molecule has 0 unspecified atom stereocenters. The second-order valence-electron chi connectivity index (χ2n) is 6.17. The van der Waals surface area contributed by atoms with E-state index < -0.39 is 27.5 Å². The maximum atomic E-state index is 12.6. The zero-order valence-corrected chi connectivity index (χ0v) is 15.6. The molecule has 0 bridgehead atoms. The fraction of sp³-hybridized carbons (Fsp3) is 0.278. The SMILES string of the molecule is O=C(Nc1ccc(C(F)(F)F)cc1)c1ccccc1S[C@H]1CCS(=O)(=O)C1. The van der Waals surface area contributed by atoms with Gasteiger partial charge < -0.3 is 5.32 Å². The maximum absolute atomic E-state index is 12.6. The van der Waals surface area contributed by atoms with Crippen LogP contribution in [0.4, 0.5) is 18.9 Å². The monoisotopic (exact) mass is 415 g/mol. The molecule has 0 radical (unpaired) electrons. The van der Waals surface area contributed by atoms with Gasteiger partial charge in [0.25, 0.3) is 5.91 Å². The Morgan fingerprint density at radius 2 is 1.74 bits per heavy atom. The molecule has 9 heteroatoms. The van der Waals surface area contributed by atoms with Crippen LogP contribution in [0.15, 0.2) is 53.4 Å². The van der Waals surface area contributed by atoms with Crippen LogP contribution in [0, 0.1) is 0 Å². The number of hydrogen-bond acceptors (Lipinski definition) is 4. The number of carbonyl (C=O) groups excluding carboxylic acids is 1. The first-order valence-corrected chi connectivity index (χ1v) is 10.8. The van der Waals surface area contributed by atoms with E-state index in [-0.39, 0.29) is 22.4 Å². The smallest absolute Gasteiger partial charge is 0.322 e. The number of halogens is 3. The molecule has 1 N–H and O–H groups in total. The summed E-state index contributed by atoms with van der Waals surface area (Å²) in [6.45, 7) is 0. The number of sulfone groups is 1. The van der Waals surface area contributed by atoms with Crippen molar-refractivity contribution in [3.05, 3.63) is 59.7 Å². The summed E-state index contributed by atoms with van der Waals surface area (Å²) in [6, 6.07) is 11.0. The fourth-order valence-corrected chi connectivity index (χ4v) is 6.36. The molecule has 1 aliphatic rings. The molecular weight excluding hydrogens is 399 g/mol. The number of amides is 1. The predicted octanol–water partition coefficient (Wildman–Crippen LogP) is 4.24. The lowest BCUT2D eigenvalue weighted by Gasteiger charge is -2.13. The second kappa shape index (κ2) is 7.55. The zero-order valence-electron chi connectivity index (χ0n) is 14.0. The van der Waals surface area contributed by atoms with Crippen molar-refractivity contribution >= 4 is 33.2 Å². The minimum absolute atomic E-state index is 0.0759. The summed E-state index contributed by atoms with van der Waals surface area (Å²) in [5.74, 6) is -0.240. The van der Waals surface area contributed by atoms with Gasteiger partial charge in [-0.05, 0) is 42.8 Å². The van der Waals surface area contributed by atoms with Gasteiger partial charge in [0, 0.05) is 15.8 Å². The summed E-state index contributed by atoms with van der Waals surface area (Å²) in [6.07, 6.45) is -3.91. The number of anilines is 1. The van der Waals surface area contributed by atoms with E-state index in [9.17, 15) is 26.4 Å². The van der Waals surface area contributed by atoms with Crippen LogP contribution in [0.5, 0.6) is 0 Å². The van der Waals surface area contributed by atoms with Crippen LogP contribution in [-0.4, -0.2) is 31.1 Å². The molecule has 0 spiro atoms. The number of hydrogen-bond donors (Lipinski definition) is 1. The van der Waals surface area contributed by atoms with Crippen LogP contribution in [0.3, 0.4) is 0 Å². The highest BCUT2D eigenvalue weighted by Gasteiger charge is 2.31. The van der Waals surface area contributed by atoms with E-state index >= 15 is 0 Å². The minimum Gasteiger partial charge on any atom is -0.322 e. The first-order valence-electron chi connectivity index (χ1n) is 8.09. The number of thioether (sulfide) groups is 1. The normalized spacial score (nSPS) is 19.0. The third kappa shape index (κ3) is 5.04. The van der Waals surface area contributed by atoms with Crippen molar-refractivity contribution in [2.45, 2.75) is 22.7 Å². The Bertz CT molecular complexity index is 941. The lowest BCUT2D eigenvalue weighted by molar-refractivity contribution is -0.137. The van der Waals surface area contributed by atoms with E-state index in [0.717, 1.165) is 12.1 Å². The van der Waals surface area contributed by atoms with E-state index in [1.54, 1.807) is 24.3 Å². The molecule has 1 heterocycles. The molecular formula is C18H16F3NO3S2. The number of benzene rings is 2. The third-order valence-electron chi connectivity index (χ3n) is 4.09. The molecule has 27 heavy (non-hydrogen) atoms. The molecule has 1 fully saturated rings. The maximum Gasteiger partial charge on any atom is 0.416 e. The Hall–Kier alpha value is -2.00. The van der Waals surface area contributed by atoms with Gasteiger partial charge in [0.15, 0.2) is 9.84 Å². The molecule has 0 aliphatic carbocycles. The van der Waals surface area contributed by atoms with Gasteiger partial charge in [0.2, 0.25) is 0 Å². The molecule has 3 rings (SSSR count). The molecule has 0 aromatic heterocycles. The zero-order chi connectivity index (χ0) is 19.7. The van der Waals surface area contributed by atoms with Crippen molar-refractivity contribution in [2.75, 3.05) is 16.8 Å². The Morgan fingerprint density at radius 3 is 2.33 bits per heavy atom. The van der Waals surface area contributed by atoms with E-state index in [1.807, 2.05) is 0 Å². The highest BCUT2D eigenvalue weighted by molar-refractivity contribution is 8.02. The van der Waals surface area contributed by atoms with Crippen LogP contribution in [0.2, 0.25) is 0 Å². The Balaban J connectivity index is 1.73. The first kappa shape index (κ1) is 19.8. The third-order valence-corrected chi connectivity index (χ3v) is 7.41. The highest BCUT2D eigenvalue weighted by Crippen LogP contribution is 2.34. The molecule has 1 amide bonds. The Labute approximate surface area is 159 Å². The summed E-state index contributed by atoms with van der Waals surface area (Å²) < 4.78 is 61.1. The van der Waals surface area contributed by atoms with Crippen molar-refractivity contribution in [3.63, 3.8) is 0 Å². The Morgan fingerprint density at radius 1 is 1.07 bits per heavy atom. The van der Waals surface area contributed by atoms with Gasteiger partial charge in [-0.25, -0.2) is 8.42 Å². The molecule has 2 aromatic carbocycles. The van der Waals surface area contributed by atoms with Crippen molar-refractivity contribution in [1.29, 1.82) is 0 Å².